The van der Waals surface area contributed by atoms with Gasteiger partial charge in [0.25, 0.3) is 0 Å². The van der Waals surface area contributed by atoms with Gasteiger partial charge in [0.05, 0.1) is 11.6 Å². The van der Waals surface area contributed by atoms with E-state index < -0.39 is 0 Å². The molecule has 2 aliphatic heterocycles. The molecule has 0 spiro atoms. The third-order valence-corrected chi connectivity index (χ3v) is 5.12. The van der Waals surface area contributed by atoms with Gasteiger partial charge >= 0.3 is 0 Å². The summed E-state index contributed by atoms with van der Waals surface area (Å²) >= 11 is 6.11. The number of halogens is 1. The molecule has 0 aliphatic carbocycles. The van der Waals surface area contributed by atoms with Gasteiger partial charge in [0.1, 0.15) is 0 Å². The minimum absolute atomic E-state index is 0.301. The summed E-state index contributed by atoms with van der Waals surface area (Å²) in [6, 6.07) is 8.98. The molecule has 3 atom stereocenters. The van der Waals surface area contributed by atoms with Gasteiger partial charge in [-0.2, -0.15) is 5.26 Å². The highest BCUT2D eigenvalue weighted by molar-refractivity contribution is 6.30. The van der Waals surface area contributed by atoms with Crippen molar-refractivity contribution in [1.29, 1.82) is 5.26 Å². The van der Waals surface area contributed by atoms with Crippen molar-refractivity contribution in [3.05, 3.63) is 34.3 Å². The van der Waals surface area contributed by atoms with Crippen LogP contribution in [-0.4, -0.2) is 35.2 Å². The van der Waals surface area contributed by atoms with E-state index in [9.17, 15) is 5.11 Å². The Morgan fingerprint density at radius 3 is 2.95 bits per heavy atom. The first-order valence-corrected chi connectivity index (χ1v) is 8.13. The first kappa shape index (κ1) is 14.8. The van der Waals surface area contributed by atoms with Crippen LogP contribution >= 0.6 is 11.6 Å². The van der Waals surface area contributed by atoms with E-state index in [0.29, 0.717) is 35.2 Å². The van der Waals surface area contributed by atoms with E-state index in [1.165, 1.54) is 19.3 Å². The monoisotopic (exact) mass is 304 g/mol. The zero-order valence-electron chi connectivity index (χ0n) is 12.1. The van der Waals surface area contributed by atoms with Crippen molar-refractivity contribution in [2.24, 2.45) is 5.92 Å². The molecule has 0 saturated carbocycles. The molecule has 2 aliphatic rings. The second-order valence-corrected chi connectivity index (χ2v) is 6.82. The van der Waals surface area contributed by atoms with Crippen molar-refractivity contribution < 1.29 is 5.11 Å². The summed E-state index contributed by atoms with van der Waals surface area (Å²) in [5.74, 6) is 0.435. The molecule has 3 nitrogen and oxygen atoms in total. The molecule has 4 heteroatoms. The third-order valence-electron chi connectivity index (χ3n) is 4.90. The molecule has 2 heterocycles. The smallest absolute Gasteiger partial charge is 0.0992 e. The molecule has 2 fully saturated rings. The third kappa shape index (κ3) is 3.23. The zero-order valence-corrected chi connectivity index (χ0v) is 12.9. The fourth-order valence-corrected chi connectivity index (χ4v) is 4.24. The standard InChI is InChI=1S/C17H21ClN2O/c18-15-5-12(4-13(6-15)9-19)7-16-2-1-3-17-8-14(11-21)10-20(16)17/h4-6,14,16-17,21H,1-3,7-8,10-11H2/t14-,16?,17+/m0/s1. The van der Waals surface area contributed by atoms with Gasteiger partial charge in [-0.3, -0.25) is 4.90 Å². The quantitative estimate of drug-likeness (QED) is 0.934. The number of benzene rings is 1. The van der Waals surface area contributed by atoms with Crippen molar-refractivity contribution in [2.45, 2.75) is 44.2 Å². The molecule has 3 rings (SSSR count). The summed E-state index contributed by atoms with van der Waals surface area (Å²) in [6.07, 6.45) is 5.79. The number of nitrogens with zero attached hydrogens (tertiary/aromatic N) is 2. The van der Waals surface area contributed by atoms with Crippen LogP contribution in [0, 0.1) is 17.2 Å². The molecule has 0 radical (unpaired) electrons. The topological polar surface area (TPSA) is 47.3 Å². The number of hydrogen-bond donors (Lipinski definition) is 1. The summed E-state index contributed by atoms with van der Waals surface area (Å²) in [6.45, 7) is 1.31. The van der Waals surface area contributed by atoms with Crippen molar-refractivity contribution in [1.82, 2.24) is 4.90 Å². The highest BCUT2D eigenvalue weighted by Gasteiger charge is 2.38. The van der Waals surface area contributed by atoms with Crippen LogP contribution in [0.2, 0.25) is 5.02 Å². The Kier molecular flexibility index (Phi) is 4.49. The minimum Gasteiger partial charge on any atom is -0.396 e. The molecule has 21 heavy (non-hydrogen) atoms. The molecule has 0 aromatic heterocycles. The van der Waals surface area contributed by atoms with Gasteiger partial charge in [-0.05, 0) is 55.4 Å². The number of hydrogen-bond acceptors (Lipinski definition) is 3. The van der Waals surface area contributed by atoms with E-state index in [4.69, 9.17) is 16.9 Å². The van der Waals surface area contributed by atoms with Crippen LogP contribution in [-0.2, 0) is 6.42 Å². The number of nitriles is 1. The van der Waals surface area contributed by atoms with Crippen molar-refractivity contribution >= 4 is 11.6 Å². The number of rotatable bonds is 3. The number of piperidine rings is 1. The molecular weight excluding hydrogens is 284 g/mol. The molecule has 1 N–H and O–H groups in total. The lowest BCUT2D eigenvalue weighted by Crippen LogP contribution is -2.44. The van der Waals surface area contributed by atoms with Crippen LogP contribution in [0.25, 0.3) is 0 Å². The highest BCUT2D eigenvalue weighted by atomic mass is 35.5. The molecule has 1 aromatic rings. The number of aliphatic hydroxyl groups is 1. The average molecular weight is 305 g/mol. The number of fused-ring (bicyclic) bond motifs is 1. The maximum atomic E-state index is 9.41. The van der Waals surface area contributed by atoms with Gasteiger partial charge < -0.3 is 5.11 Å². The highest BCUT2D eigenvalue weighted by Crippen LogP contribution is 2.35. The van der Waals surface area contributed by atoms with Crippen LogP contribution in [0.3, 0.4) is 0 Å². The molecule has 0 bridgehead atoms. The maximum absolute atomic E-state index is 9.41. The lowest BCUT2D eigenvalue weighted by molar-refractivity contribution is 0.118. The van der Waals surface area contributed by atoms with E-state index in [0.717, 1.165) is 24.9 Å². The van der Waals surface area contributed by atoms with Gasteiger partial charge in [-0.15, -0.1) is 0 Å². The molecule has 1 unspecified atom stereocenters. The maximum Gasteiger partial charge on any atom is 0.0992 e. The summed E-state index contributed by atoms with van der Waals surface area (Å²) in [4.78, 5) is 2.58. The molecule has 0 amide bonds. The second kappa shape index (κ2) is 6.36. The van der Waals surface area contributed by atoms with Crippen LogP contribution in [0.1, 0.15) is 36.8 Å². The van der Waals surface area contributed by atoms with Crippen molar-refractivity contribution in [3.8, 4) is 6.07 Å². The van der Waals surface area contributed by atoms with E-state index in [1.807, 2.05) is 12.1 Å². The fourth-order valence-electron chi connectivity index (χ4n) is 3.98. The first-order valence-electron chi connectivity index (χ1n) is 7.75. The first-order chi connectivity index (χ1) is 10.2. The summed E-state index contributed by atoms with van der Waals surface area (Å²) in [5, 5.41) is 19.1. The Morgan fingerprint density at radius 1 is 1.33 bits per heavy atom. The van der Waals surface area contributed by atoms with E-state index >= 15 is 0 Å². The summed E-state index contributed by atoms with van der Waals surface area (Å²) < 4.78 is 0. The van der Waals surface area contributed by atoms with Crippen LogP contribution in [0.15, 0.2) is 18.2 Å². The van der Waals surface area contributed by atoms with Crippen molar-refractivity contribution in [2.75, 3.05) is 13.2 Å². The van der Waals surface area contributed by atoms with Crippen LogP contribution < -0.4 is 0 Å². The van der Waals surface area contributed by atoms with Gasteiger partial charge in [0.15, 0.2) is 0 Å². The average Bonchev–Trinajstić information content (AvgIpc) is 2.91. The van der Waals surface area contributed by atoms with Gasteiger partial charge in [-0.1, -0.05) is 18.0 Å². The van der Waals surface area contributed by atoms with Gasteiger partial charge in [0, 0.05) is 30.3 Å². The molecular formula is C17H21ClN2O. The van der Waals surface area contributed by atoms with E-state index in [2.05, 4.69) is 11.0 Å². The zero-order chi connectivity index (χ0) is 14.8. The lowest BCUT2D eigenvalue weighted by Gasteiger charge is -2.38. The van der Waals surface area contributed by atoms with Crippen LogP contribution in [0.4, 0.5) is 0 Å². The number of aliphatic hydroxyl groups excluding tert-OH is 1. The molecule has 1 aromatic carbocycles. The largest absolute Gasteiger partial charge is 0.396 e. The van der Waals surface area contributed by atoms with E-state index in [-0.39, 0.29) is 0 Å². The van der Waals surface area contributed by atoms with Crippen LogP contribution in [0.5, 0.6) is 0 Å². The Morgan fingerprint density at radius 2 is 2.19 bits per heavy atom. The summed E-state index contributed by atoms with van der Waals surface area (Å²) in [5.41, 5.74) is 1.79. The minimum atomic E-state index is 0.301. The molecule has 112 valence electrons. The van der Waals surface area contributed by atoms with Gasteiger partial charge in [-0.25, -0.2) is 0 Å². The summed E-state index contributed by atoms with van der Waals surface area (Å²) in [7, 11) is 0. The van der Waals surface area contributed by atoms with Crippen molar-refractivity contribution in [3.63, 3.8) is 0 Å². The Labute approximate surface area is 131 Å². The van der Waals surface area contributed by atoms with Gasteiger partial charge in [0.2, 0.25) is 0 Å². The Hall–Kier alpha value is -1.08. The lowest BCUT2D eigenvalue weighted by atomic mass is 9.91. The molecule has 2 saturated heterocycles. The SMILES string of the molecule is N#Cc1cc(Cl)cc(CC2CCC[C@@H]3C[C@H](CO)CN23)c1. The fraction of sp³-hybridized carbons (Fsp3) is 0.588. The normalized spacial score (nSPS) is 29.1. The second-order valence-electron chi connectivity index (χ2n) is 6.38. The van der Waals surface area contributed by atoms with E-state index in [1.54, 1.807) is 6.07 Å². The predicted molar refractivity (Wildman–Crippen MR) is 83.2 cm³/mol. The predicted octanol–water partition coefficient (Wildman–Crippen LogP) is 2.99. The Bertz CT molecular complexity index is 554. The Balaban J connectivity index is 1.75.